The number of hydrogen-bond acceptors (Lipinski definition) is 3. The lowest BCUT2D eigenvalue weighted by Gasteiger charge is -2.10. The predicted octanol–water partition coefficient (Wildman–Crippen LogP) is 3.43. The van der Waals surface area contributed by atoms with Crippen molar-refractivity contribution in [2.45, 2.75) is 77.2 Å². The fraction of sp³-hybridized carbons (Fsp3) is 1.00. The Hall–Kier alpha value is -0.120. The number of rotatable bonds is 14. The first-order valence-corrected chi connectivity index (χ1v) is 8.38. The Labute approximate surface area is 119 Å². The van der Waals surface area contributed by atoms with Crippen molar-refractivity contribution in [3.63, 3.8) is 0 Å². The zero-order valence-electron chi connectivity index (χ0n) is 12.8. The van der Waals surface area contributed by atoms with Gasteiger partial charge in [0, 0.05) is 12.6 Å². The van der Waals surface area contributed by atoms with Gasteiger partial charge in [0.1, 0.15) is 0 Å². The highest BCUT2D eigenvalue weighted by Gasteiger charge is 2.27. The van der Waals surface area contributed by atoms with Gasteiger partial charge in [-0.3, -0.25) is 5.32 Å². The van der Waals surface area contributed by atoms with E-state index < -0.39 is 0 Å². The minimum atomic E-state index is 0.472. The SMILES string of the molecule is CCCCCCCOCNCCCCC(N)C1CC1. The number of hydrogen-bond donors (Lipinski definition) is 2. The van der Waals surface area contributed by atoms with Crippen LogP contribution in [-0.2, 0) is 4.74 Å². The Morgan fingerprint density at radius 3 is 2.63 bits per heavy atom. The maximum atomic E-state index is 6.06. The van der Waals surface area contributed by atoms with Crippen molar-refractivity contribution in [2.75, 3.05) is 19.9 Å². The van der Waals surface area contributed by atoms with E-state index in [4.69, 9.17) is 10.5 Å². The second-order valence-corrected chi connectivity index (χ2v) is 5.96. The third-order valence-electron chi connectivity index (χ3n) is 3.96. The molecule has 1 unspecified atom stereocenters. The van der Waals surface area contributed by atoms with Gasteiger partial charge in [0.25, 0.3) is 0 Å². The monoisotopic (exact) mass is 270 g/mol. The summed E-state index contributed by atoms with van der Waals surface area (Å²) in [5.41, 5.74) is 6.06. The van der Waals surface area contributed by atoms with E-state index in [1.165, 1.54) is 64.2 Å². The van der Waals surface area contributed by atoms with Crippen LogP contribution >= 0.6 is 0 Å². The van der Waals surface area contributed by atoms with Crippen molar-refractivity contribution >= 4 is 0 Å². The van der Waals surface area contributed by atoms with Crippen LogP contribution in [0.2, 0.25) is 0 Å². The van der Waals surface area contributed by atoms with Gasteiger partial charge in [-0.15, -0.1) is 0 Å². The van der Waals surface area contributed by atoms with Crippen LogP contribution in [0.15, 0.2) is 0 Å². The fourth-order valence-corrected chi connectivity index (χ4v) is 2.41. The van der Waals surface area contributed by atoms with Crippen LogP contribution in [0.4, 0.5) is 0 Å². The summed E-state index contributed by atoms with van der Waals surface area (Å²) in [6, 6.07) is 0.472. The van der Waals surface area contributed by atoms with E-state index in [1.807, 2.05) is 0 Å². The minimum absolute atomic E-state index is 0.472. The highest BCUT2D eigenvalue weighted by Crippen LogP contribution is 2.33. The van der Waals surface area contributed by atoms with E-state index in [9.17, 15) is 0 Å². The quantitative estimate of drug-likeness (QED) is 0.375. The van der Waals surface area contributed by atoms with Gasteiger partial charge in [-0.1, -0.05) is 39.0 Å². The third kappa shape index (κ3) is 10.3. The highest BCUT2D eigenvalue weighted by molar-refractivity contribution is 4.83. The summed E-state index contributed by atoms with van der Waals surface area (Å²) in [5.74, 6) is 0.851. The lowest BCUT2D eigenvalue weighted by Crippen LogP contribution is -2.23. The molecule has 3 heteroatoms. The van der Waals surface area contributed by atoms with Crippen LogP contribution in [0.5, 0.6) is 0 Å². The lowest BCUT2D eigenvalue weighted by molar-refractivity contribution is 0.112. The number of nitrogens with two attached hydrogens (primary N) is 1. The second-order valence-electron chi connectivity index (χ2n) is 5.96. The third-order valence-corrected chi connectivity index (χ3v) is 3.96. The normalized spacial score (nSPS) is 16.7. The Kier molecular flexibility index (Phi) is 10.4. The van der Waals surface area contributed by atoms with Gasteiger partial charge in [-0.2, -0.15) is 0 Å². The minimum Gasteiger partial charge on any atom is -0.366 e. The van der Waals surface area contributed by atoms with Gasteiger partial charge < -0.3 is 10.5 Å². The van der Waals surface area contributed by atoms with Crippen molar-refractivity contribution in [3.05, 3.63) is 0 Å². The summed E-state index contributed by atoms with van der Waals surface area (Å²) in [5, 5.41) is 3.34. The largest absolute Gasteiger partial charge is 0.366 e. The molecule has 1 atom stereocenters. The topological polar surface area (TPSA) is 47.3 Å². The predicted molar refractivity (Wildman–Crippen MR) is 82.1 cm³/mol. The molecule has 0 saturated heterocycles. The first-order chi connectivity index (χ1) is 9.34. The molecule has 114 valence electrons. The van der Waals surface area contributed by atoms with Crippen LogP contribution in [0.1, 0.15) is 71.1 Å². The molecule has 1 aliphatic rings. The summed E-state index contributed by atoms with van der Waals surface area (Å²) in [7, 11) is 0. The summed E-state index contributed by atoms with van der Waals surface area (Å²) in [4.78, 5) is 0. The van der Waals surface area contributed by atoms with Crippen molar-refractivity contribution in [1.29, 1.82) is 0 Å². The van der Waals surface area contributed by atoms with E-state index in [0.717, 1.165) is 19.1 Å². The first kappa shape index (κ1) is 16.9. The Bertz CT molecular complexity index is 195. The van der Waals surface area contributed by atoms with Crippen LogP contribution < -0.4 is 11.1 Å². The van der Waals surface area contributed by atoms with Gasteiger partial charge >= 0.3 is 0 Å². The Morgan fingerprint density at radius 1 is 1.11 bits per heavy atom. The van der Waals surface area contributed by atoms with Crippen molar-refractivity contribution < 1.29 is 4.74 Å². The van der Waals surface area contributed by atoms with Crippen molar-refractivity contribution in [3.8, 4) is 0 Å². The second kappa shape index (κ2) is 11.7. The first-order valence-electron chi connectivity index (χ1n) is 8.38. The number of unbranched alkanes of at least 4 members (excludes halogenated alkanes) is 5. The maximum absolute atomic E-state index is 6.06. The molecule has 0 aromatic rings. The molecule has 0 bridgehead atoms. The van der Waals surface area contributed by atoms with Crippen molar-refractivity contribution in [2.24, 2.45) is 11.7 Å². The lowest BCUT2D eigenvalue weighted by atomic mass is 10.1. The smallest absolute Gasteiger partial charge is 0.0965 e. The van der Waals surface area contributed by atoms with Crippen LogP contribution in [0.25, 0.3) is 0 Å². The van der Waals surface area contributed by atoms with E-state index in [2.05, 4.69) is 12.2 Å². The zero-order chi connectivity index (χ0) is 13.8. The number of ether oxygens (including phenoxy) is 1. The molecule has 0 radical (unpaired) electrons. The molecule has 19 heavy (non-hydrogen) atoms. The fourth-order valence-electron chi connectivity index (χ4n) is 2.41. The molecule has 1 rings (SSSR count). The van der Waals surface area contributed by atoms with Crippen LogP contribution in [0, 0.1) is 5.92 Å². The molecule has 1 aliphatic carbocycles. The van der Waals surface area contributed by atoms with Crippen LogP contribution in [0.3, 0.4) is 0 Å². The van der Waals surface area contributed by atoms with Crippen LogP contribution in [-0.4, -0.2) is 25.9 Å². The Morgan fingerprint density at radius 2 is 1.89 bits per heavy atom. The Balaban J connectivity index is 1.67. The molecule has 3 nitrogen and oxygen atoms in total. The molecular weight excluding hydrogens is 236 g/mol. The summed E-state index contributed by atoms with van der Waals surface area (Å²) < 4.78 is 5.55. The average Bonchev–Trinajstić information content (AvgIpc) is 3.24. The molecule has 3 N–H and O–H groups in total. The molecule has 1 saturated carbocycles. The molecule has 0 spiro atoms. The van der Waals surface area contributed by atoms with Gasteiger partial charge in [0.15, 0.2) is 0 Å². The summed E-state index contributed by atoms with van der Waals surface area (Å²) in [6.45, 7) is 4.93. The molecule has 0 amide bonds. The molecular formula is C16H34N2O. The molecule has 0 heterocycles. The van der Waals surface area contributed by atoms with E-state index >= 15 is 0 Å². The summed E-state index contributed by atoms with van der Waals surface area (Å²) >= 11 is 0. The molecule has 0 aliphatic heterocycles. The van der Waals surface area contributed by atoms with Gasteiger partial charge in [-0.25, -0.2) is 0 Å². The zero-order valence-corrected chi connectivity index (χ0v) is 12.8. The average molecular weight is 270 g/mol. The van der Waals surface area contributed by atoms with Gasteiger partial charge in [0.2, 0.25) is 0 Å². The van der Waals surface area contributed by atoms with E-state index in [1.54, 1.807) is 0 Å². The molecule has 0 aromatic carbocycles. The van der Waals surface area contributed by atoms with Gasteiger partial charge in [-0.05, 0) is 44.6 Å². The van der Waals surface area contributed by atoms with E-state index in [-0.39, 0.29) is 0 Å². The van der Waals surface area contributed by atoms with Gasteiger partial charge in [0.05, 0.1) is 6.73 Å². The number of nitrogens with one attached hydrogen (secondary N) is 1. The maximum Gasteiger partial charge on any atom is 0.0965 e. The standard InChI is InChI=1S/C16H34N2O/c1-2-3-4-5-8-13-19-14-18-12-7-6-9-16(17)15-10-11-15/h15-16,18H,2-14,17H2,1H3. The molecule has 1 fully saturated rings. The van der Waals surface area contributed by atoms with Crippen molar-refractivity contribution in [1.82, 2.24) is 5.32 Å². The highest BCUT2D eigenvalue weighted by atomic mass is 16.5. The van der Waals surface area contributed by atoms with E-state index in [0.29, 0.717) is 12.8 Å². The molecule has 0 aromatic heterocycles. The summed E-state index contributed by atoms with van der Waals surface area (Å²) in [6.07, 6.45) is 13.0.